The Kier molecular flexibility index (Phi) is 14.3. The number of Topliss-reactive ketones (excluding diaryl/α,β-unsaturated/α-hetero) is 2. The predicted molar refractivity (Wildman–Crippen MR) is 204 cm³/mol. The summed E-state index contributed by atoms with van der Waals surface area (Å²) in [7, 11) is 0. The van der Waals surface area contributed by atoms with Gasteiger partial charge in [-0.25, -0.2) is 9.97 Å². The third-order valence-electron chi connectivity index (χ3n) is 8.62. The van der Waals surface area contributed by atoms with Crippen molar-refractivity contribution in [3.05, 3.63) is 83.3 Å². The van der Waals surface area contributed by atoms with Crippen LogP contribution in [0.25, 0.3) is 10.2 Å². The van der Waals surface area contributed by atoms with Crippen LogP contribution in [-0.2, 0) is 32.0 Å². The van der Waals surface area contributed by atoms with E-state index in [1.54, 1.807) is 23.7 Å². The van der Waals surface area contributed by atoms with Gasteiger partial charge in [0.05, 0.1) is 28.3 Å². The molecule has 0 atom stereocenters. The van der Waals surface area contributed by atoms with E-state index in [2.05, 4.69) is 54.0 Å². The number of carbonyl (C=O) groups is 4. The van der Waals surface area contributed by atoms with Crippen LogP contribution in [0.3, 0.4) is 0 Å². The summed E-state index contributed by atoms with van der Waals surface area (Å²) >= 11 is 8.14. The molecular formula is C37H30ClF9N8O4S. The standard InChI is InChI=1S/C31H29ClN8OS.C4F6O2.C2HF3O/c32-24-18-34-30-36-23-13-20(16-33-17-23)5-6-21-15-22(35-29(24)39-30)7-8-25(21)37-28(41)14-19-9-11-40(12-10-19)31-38-26-3-1-2-4-27(26)42-31;5-3(6,7)1(11)2(12)4(8,9)10;3-2(4,5)1-6/h1-4,7-8,13,15-19H,5-6,9-12,14H2,(H,37,41)(H2,34,35,36,39);;1H. The van der Waals surface area contributed by atoms with Gasteiger partial charge in [0.15, 0.2) is 10.9 Å². The number of pyridine rings is 1. The SMILES string of the molecule is O=C(C(=O)C(F)(F)F)C(F)(F)F.O=C(CC1CCN(c2nc3ccccc3s2)CC1)Nc1ccc2cc1CCc1cncc(c1)Nc1ncc(Cl)c(n1)N2.O=CC(F)(F)F. The monoisotopic (exact) mass is 888 g/mol. The number of hydrogen-bond acceptors (Lipinski definition) is 12. The van der Waals surface area contributed by atoms with Crippen LogP contribution in [0.4, 0.5) is 73.5 Å². The fourth-order valence-corrected chi connectivity index (χ4v) is 6.95. The lowest BCUT2D eigenvalue weighted by Crippen LogP contribution is -2.39. The van der Waals surface area contributed by atoms with Crippen molar-refractivity contribution in [1.29, 1.82) is 0 Å². The van der Waals surface area contributed by atoms with Crippen LogP contribution in [0.2, 0.25) is 5.02 Å². The van der Waals surface area contributed by atoms with Crippen molar-refractivity contribution in [1.82, 2.24) is 19.9 Å². The van der Waals surface area contributed by atoms with E-state index >= 15 is 0 Å². The number of anilines is 6. The van der Waals surface area contributed by atoms with Gasteiger partial charge in [-0.15, -0.1) is 0 Å². The average Bonchev–Trinajstić information content (AvgIpc) is 3.63. The molecule has 6 bridgehead atoms. The number of thiazole rings is 1. The number of nitrogens with one attached hydrogen (secondary N) is 3. The molecule has 7 rings (SSSR count). The Hall–Kier alpha value is -5.90. The van der Waals surface area contributed by atoms with Crippen molar-refractivity contribution < 1.29 is 58.7 Å². The quantitative estimate of drug-likeness (QED) is 0.0879. The zero-order valence-electron chi connectivity index (χ0n) is 30.5. The van der Waals surface area contributed by atoms with Gasteiger partial charge in [-0.1, -0.05) is 35.1 Å². The molecule has 0 saturated carbocycles. The average molecular weight is 889 g/mol. The van der Waals surface area contributed by atoms with E-state index in [0.29, 0.717) is 29.1 Å². The van der Waals surface area contributed by atoms with Crippen LogP contribution >= 0.6 is 22.9 Å². The maximum Gasteiger partial charge on any atom is 0.458 e. The van der Waals surface area contributed by atoms with E-state index in [4.69, 9.17) is 21.4 Å². The van der Waals surface area contributed by atoms with Crippen molar-refractivity contribution in [2.24, 2.45) is 5.92 Å². The summed E-state index contributed by atoms with van der Waals surface area (Å²) in [6.07, 6.45) is -8.14. The van der Waals surface area contributed by atoms with E-state index in [1.807, 2.05) is 36.5 Å². The molecule has 1 amide bonds. The number of rotatable bonds is 5. The van der Waals surface area contributed by atoms with Gasteiger partial charge in [-0.2, -0.15) is 44.5 Å². The van der Waals surface area contributed by atoms with Crippen LogP contribution < -0.4 is 20.9 Å². The number of nitrogens with zero attached hydrogens (tertiary/aromatic N) is 5. The third-order valence-corrected chi connectivity index (χ3v) is 9.99. The van der Waals surface area contributed by atoms with Crippen LogP contribution in [0.5, 0.6) is 0 Å². The normalized spacial score (nSPS) is 14.3. The third kappa shape index (κ3) is 12.8. The summed E-state index contributed by atoms with van der Waals surface area (Å²) in [5.41, 5.74) is 5.61. The van der Waals surface area contributed by atoms with Crippen LogP contribution in [0, 0.1) is 5.92 Å². The predicted octanol–water partition coefficient (Wildman–Crippen LogP) is 8.96. The summed E-state index contributed by atoms with van der Waals surface area (Å²) in [5.74, 6) is -5.50. The highest BCUT2D eigenvalue weighted by molar-refractivity contribution is 7.22. The molecule has 3 aromatic heterocycles. The minimum absolute atomic E-state index is 0.0460. The lowest BCUT2D eigenvalue weighted by molar-refractivity contribution is -0.193. The number of aryl methyl sites for hydroxylation is 2. The fraction of sp³-hybridized carbons (Fsp3) is 0.297. The minimum Gasteiger partial charge on any atom is -0.348 e. The number of amides is 1. The van der Waals surface area contributed by atoms with Crippen molar-refractivity contribution in [3.63, 3.8) is 0 Å². The van der Waals surface area contributed by atoms with Crippen LogP contribution in [0.15, 0.2) is 67.1 Å². The van der Waals surface area contributed by atoms with Crippen LogP contribution in [0.1, 0.15) is 30.4 Å². The molecule has 0 unspecified atom stereocenters. The molecule has 1 saturated heterocycles. The second kappa shape index (κ2) is 19.0. The van der Waals surface area contributed by atoms with Gasteiger partial charge < -0.3 is 20.9 Å². The number of hydrogen-bond donors (Lipinski definition) is 3. The number of benzene rings is 2. The Bertz CT molecular complexity index is 2290. The molecule has 2 aromatic carbocycles. The van der Waals surface area contributed by atoms with Gasteiger partial charge in [0.2, 0.25) is 18.1 Å². The van der Waals surface area contributed by atoms with Gasteiger partial charge in [0.25, 0.3) is 0 Å². The Morgan fingerprint density at radius 2 is 1.52 bits per heavy atom. The topological polar surface area (TPSA) is 159 Å². The number of ketones is 2. The number of carbonyl (C=O) groups excluding carboxylic acids is 4. The molecular weight excluding hydrogens is 859 g/mol. The smallest absolute Gasteiger partial charge is 0.348 e. The summed E-state index contributed by atoms with van der Waals surface area (Å²) in [4.78, 5) is 61.6. The Morgan fingerprint density at radius 3 is 2.15 bits per heavy atom. The first-order valence-electron chi connectivity index (χ1n) is 17.5. The van der Waals surface area contributed by atoms with Gasteiger partial charge in [0, 0.05) is 37.1 Å². The molecule has 12 nitrogen and oxygen atoms in total. The highest BCUT2D eigenvalue weighted by Gasteiger charge is 2.54. The summed E-state index contributed by atoms with van der Waals surface area (Å²) in [6, 6.07) is 16.2. The molecule has 2 aliphatic heterocycles. The zero-order chi connectivity index (χ0) is 43.8. The molecule has 23 heteroatoms. The first kappa shape index (κ1) is 45.2. The molecule has 0 radical (unpaired) electrons. The Balaban J connectivity index is 0.000000319. The van der Waals surface area contributed by atoms with E-state index in [-0.39, 0.29) is 5.91 Å². The molecule has 0 spiro atoms. The van der Waals surface area contributed by atoms with Crippen LogP contribution in [-0.4, -0.2) is 75.3 Å². The summed E-state index contributed by atoms with van der Waals surface area (Å²) in [6.45, 7) is 1.83. The first-order valence-corrected chi connectivity index (χ1v) is 18.7. The highest BCUT2D eigenvalue weighted by atomic mass is 35.5. The van der Waals surface area contributed by atoms with E-state index in [0.717, 1.165) is 77.6 Å². The highest BCUT2D eigenvalue weighted by Crippen LogP contribution is 2.33. The lowest BCUT2D eigenvalue weighted by Gasteiger charge is -2.31. The Labute approximate surface area is 342 Å². The minimum atomic E-state index is -5.77. The number of fused-ring (bicyclic) bond motifs is 7. The largest absolute Gasteiger partial charge is 0.458 e. The fourth-order valence-electron chi connectivity index (χ4n) is 5.80. The van der Waals surface area contributed by atoms with Gasteiger partial charge >= 0.3 is 30.1 Å². The molecule has 318 valence electrons. The summed E-state index contributed by atoms with van der Waals surface area (Å²) < 4.78 is 99.4. The van der Waals surface area contributed by atoms with Crippen molar-refractivity contribution >= 4 is 90.9 Å². The number of halogens is 10. The summed E-state index contributed by atoms with van der Waals surface area (Å²) in [5, 5.41) is 11.2. The number of alkyl halides is 9. The van der Waals surface area contributed by atoms with Gasteiger partial charge in [-0.3, -0.25) is 24.2 Å². The van der Waals surface area contributed by atoms with E-state index in [9.17, 15) is 53.9 Å². The maximum absolute atomic E-state index is 13.2. The molecule has 2 aliphatic rings. The lowest BCUT2D eigenvalue weighted by atomic mass is 9.93. The number of para-hydroxylation sites is 1. The molecule has 5 aromatic rings. The number of aldehydes is 1. The van der Waals surface area contributed by atoms with Crippen molar-refractivity contribution in [2.75, 3.05) is 33.9 Å². The first-order chi connectivity index (χ1) is 28.2. The molecule has 1 fully saturated rings. The molecule has 3 N–H and O–H groups in total. The van der Waals surface area contributed by atoms with Gasteiger partial charge in [0.1, 0.15) is 5.02 Å². The van der Waals surface area contributed by atoms with E-state index in [1.165, 1.54) is 4.70 Å². The van der Waals surface area contributed by atoms with Crippen molar-refractivity contribution in [3.8, 4) is 0 Å². The second-order valence-corrected chi connectivity index (χ2v) is 14.5. The number of piperidine rings is 1. The molecule has 5 heterocycles. The number of aromatic nitrogens is 4. The Morgan fingerprint density at radius 1 is 0.850 bits per heavy atom. The van der Waals surface area contributed by atoms with Gasteiger partial charge in [-0.05, 0) is 79.1 Å². The zero-order valence-corrected chi connectivity index (χ0v) is 32.1. The second-order valence-electron chi connectivity index (χ2n) is 13.1. The molecule has 0 aliphatic carbocycles. The van der Waals surface area contributed by atoms with E-state index < -0.39 is 36.4 Å². The molecule has 60 heavy (non-hydrogen) atoms. The van der Waals surface area contributed by atoms with Crippen molar-refractivity contribution in [2.45, 2.75) is 50.6 Å². The maximum atomic E-state index is 13.2.